The van der Waals surface area contributed by atoms with E-state index in [0.29, 0.717) is 47.1 Å². The lowest BCUT2D eigenvalue weighted by Gasteiger charge is -2.36. The maximum atomic E-state index is 12.3. The van der Waals surface area contributed by atoms with E-state index in [4.69, 9.17) is 55.0 Å². The zero-order valence-corrected chi connectivity index (χ0v) is 26.8. The summed E-state index contributed by atoms with van der Waals surface area (Å²) in [4.78, 5) is 25.1. The average Bonchev–Trinajstić information content (AvgIpc) is 3.00. The number of amides is 1. The number of carboxylic acids is 1. The third kappa shape index (κ3) is 10.8. The number of nitrogens with zero attached hydrogens (tertiary/aromatic N) is 1. The number of likely N-dealkylation sites (tertiary alicyclic amines) is 1. The van der Waals surface area contributed by atoms with Gasteiger partial charge >= 0.3 is 5.97 Å². The molecule has 2 aromatic carbocycles. The van der Waals surface area contributed by atoms with Gasteiger partial charge in [0.2, 0.25) is 0 Å². The number of hydrogen-bond donors (Lipinski definition) is 8. The summed E-state index contributed by atoms with van der Waals surface area (Å²) in [5, 5.41) is 35.2. The Kier molecular flexibility index (Phi) is 14.2. The maximum Gasteiger partial charge on any atom is 0.339 e. The minimum absolute atomic E-state index is 0.00157. The molecule has 2 aromatic rings. The Morgan fingerprint density at radius 2 is 1.39 bits per heavy atom. The number of rotatable bonds is 7. The van der Waals surface area contributed by atoms with Crippen LogP contribution in [0, 0.1) is 0 Å². The van der Waals surface area contributed by atoms with Crippen LogP contribution in [0.1, 0.15) is 46.4 Å². The summed E-state index contributed by atoms with van der Waals surface area (Å²) in [5.41, 5.74) is 16.0. The molecule has 0 spiro atoms. The number of carbonyl (C=O) groups is 2. The van der Waals surface area contributed by atoms with Crippen molar-refractivity contribution >= 4 is 46.5 Å². The van der Waals surface area contributed by atoms with Crippen LogP contribution in [0.5, 0.6) is 11.5 Å². The van der Waals surface area contributed by atoms with Crippen LogP contribution in [0.4, 0.5) is 11.4 Å². The van der Waals surface area contributed by atoms with E-state index < -0.39 is 17.2 Å². The Labute approximate surface area is 267 Å². The quantitative estimate of drug-likeness (QED) is 0.200. The predicted molar refractivity (Wildman–Crippen MR) is 172 cm³/mol. The number of nitrogens with two attached hydrogens (primary N) is 3. The number of halogens is 2. The summed E-state index contributed by atoms with van der Waals surface area (Å²) in [6.07, 6.45) is 2.85. The molecule has 44 heavy (non-hydrogen) atoms. The van der Waals surface area contributed by atoms with E-state index in [-0.39, 0.29) is 28.8 Å². The molecular formula is C29H44Cl2N6O7. The van der Waals surface area contributed by atoms with Crippen LogP contribution < -0.4 is 37.3 Å². The molecule has 246 valence electrons. The van der Waals surface area contributed by atoms with Crippen molar-refractivity contribution in [3.8, 4) is 11.5 Å². The third-order valence-electron chi connectivity index (χ3n) is 7.52. The number of hydrogen-bond acceptors (Lipinski definition) is 11. The van der Waals surface area contributed by atoms with Crippen LogP contribution in [0.15, 0.2) is 24.3 Å². The Balaban J connectivity index is 0.000000258. The van der Waals surface area contributed by atoms with Crippen LogP contribution >= 0.6 is 23.2 Å². The number of ether oxygens (including phenoxy) is 2. The fraction of sp³-hybridized carbons (Fsp3) is 0.517. The normalized spacial score (nSPS) is 17.2. The number of carboxylic acid groups (broad SMARTS) is 1. The molecule has 2 fully saturated rings. The third-order valence-corrected chi connectivity index (χ3v) is 8.18. The van der Waals surface area contributed by atoms with E-state index in [2.05, 4.69) is 15.5 Å². The summed E-state index contributed by atoms with van der Waals surface area (Å²) in [6, 6.07) is 5.63. The Hall–Kier alpha value is -3.04. The summed E-state index contributed by atoms with van der Waals surface area (Å²) >= 11 is 11.6. The highest BCUT2D eigenvalue weighted by Crippen LogP contribution is 2.30. The zero-order valence-electron chi connectivity index (χ0n) is 25.3. The standard InChI is InChI=1S/C15H22ClN3O3.C8H8ClNO3.C6H14N2O/c1-19-5-3-15(21,4-6-19)9-18-14(20)10-7-11(16)12(17)8-13(10)22-2;1-13-7-3-6(10)5(9)2-4(7)8(11)12;7-5-6(9)1-3-8-4-2-6/h7-8,21H,3-6,9,17H2,1-2H3,(H,18,20);2-3H,10H2,1H3,(H,11,12);8-9H,1-5,7H2. The highest BCUT2D eigenvalue weighted by molar-refractivity contribution is 6.34. The topological polar surface area (TPSA) is 219 Å². The lowest BCUT2D eigenvalue weighted by atomic mass is 9.91. The molecule has 0 bridgehead atoms. The molecule has 15 heteroatoms. The Bertz CT molecular complexity index is 1270. The molecule has 2 saturated heterocycles. The molecule has 0 atom stereocenters. The average molecular weight is 660 g/mol. The van der Waals surface area contributed by atoms with Crippen molar-refractivity contribution in [1.29, 1.82) is 0 Å². The first-order valence-corrected chi connectivity index (χ1v) is 14.7. The van der Waals surface area contributed by atoms with Gasteiger partial charge in [0.15, 0.2) is 0 Å². The van der Waals surface area contributed by atoms with E-state index >= 15 is 0 Å². The van der Waals surface area contributed by atoms with Gasteiger partial charge in [-0.15, -0.1) is 0 Å². The van der Waals surface area contributed by atoms with E-state index in [0.717, 1.165) is 39.0 Å². The van der Waals surface area contributed by atoms with Crippen molar-refractivity contribution in [2.45, 2.75) is 36.9 Å². The molecule has 2 heterocycles. The zero-order chi connectivity index (χ0) is 33.1. The number of nitrogens with one attached hydrogen (secondary N) is 2. The highest BCUT2D eigenvalue weighted by Gasteiger charge is 2.32. The fourth-order valence-corrected chi connectivity index (χ4v) is 4.80. The molecular weight excluding hydrogens is 615 g/mol. The van der Waals surface area contributed by atoms with Gasteiger partial charge in [0.25, 0.3) is 5.91 Å². The predicted octanol–water partition coefficient (Wildman–Crippen LogP) is 1.81. The number of benzene rings is 2. The molecule has 4 rings (SSSR count). The largest absolute Gasteiger partial charge is 0.496 e. The molecule has 2 aliphatic rings. The second-order valence-electron chi connectivity index (χ2n) is 10.8. The molecule has 0 saturated carbocycles. The van der Waals surface area contributed by atoms with Gasteiger partial charge in [-0.2, -0.15) is 0 Å². The first kappa shape index (κ1) is 37.1. The van der Waals surface area contributed by atoms with Crippen LogP contribution in [0.2, 0.25) is 10.0 Å². The van der Waals surface area contributed by atoms with Crippen LogP contribution in [0.3, 0.4) is 0 Å². The van der Waals surface area contributed by atoms with Crippen molar-refractivity contribution < 1.29 is 34.4 Å². The number of aliphatic hydroxyl groups is 2. The highest BCUT2D eigenvalue weighted by atomic mass is 35.5. The molecule has 0 unspecified atom stereocenters. The minimum atomic E-state index is -1.10. The second kappa shape index (κ2) is 16.9. The van der Waals surface area contributed by atoms with Crippen LogP contribution in [-0.4, -0.2) is 104 Å². The van der Waals surface area contributed by atoms with Gasteiger partial charge in [-0.05, 0) is 58.0 Å². The Morgan fingerprint density at radius 3 is 1.82 bits per heavy atom. The van der Waals surface area contributed by atoms with Gasteiger partial charge < -0.3 is 57.5 Å². The summed E-state index contributed by atoms with van der Waals surface area (Å²) in [5.74, 6) is -0.881. The minimum Gasteiger partial charge on any atom is -0.496 e. The maximum absolute atomic E-state index is 12.3. The molecule has 11 N–H and O–H groups in total. The first-order chi connectivity index (χ1) is 20.7. The molecule has 0 aromatic heterocycles. The van der Waals surface area contributed by atoms with Crippen LogP contribution in [0.25, 0.3) is 0 Å². The van der Waals surface area contributed by atoms with Gasteiger partial charge in [-0.3, -0.25) is 4.79 Å². The first-order valence-electron chi connectivity index (χ1n) is 14.0. The number of anilines is 2. The number of piperidine rings is 2. The van der Waals surface area contributed by atoms with Gasteiger partial charge in [-0.1, -0.05) is 23.2 Å². The second-order valence-corrected chi connectivity index (χ2v) is 11.7. The molecule has 0 aliphatic carbocycles. The lowest BCUT2D eigenvalue weighted by molar-refractivity contribution is -0.0135. The van der Waals surface area contributed by atoms with Gasteiger partial charge in [0, 0.05) is 38.3 Å². The number of aromatic carboxylic acids is 1. The molecule has 13 nitrogen and oxygen atoms in total. The van der Waals surface area contributed by atoms with E-state index in [1.165, 1.54) is 38.5 Å². The van der Waals surface area contributed by atoms with Crippen LogP contribution in [-0.2, 0) is 0 Å². The molecule has 2 aliphatic heterocycles. The molecule has 0 radical (unpaired) electrons. The van der Waals surface area contributed by atoms with Crippen molar-refractivity contribution in [3.63, 3.8) is 0 Å². The summed E-state index contributed by atoms with van der Waals surface area (Å²) in [6.45, 7) is 4.01. The van der Waals surface area contributed by atoms with Crippen molar-refractivity contribution in [2.24, 2.45) is 5.73 Å². The molecule has 1 amide bonds. The number of methoxy groups -OCH3 is 2. The SMILES string of the molecule is COc1cc(N)c(Cl)cc1C(=O)NCC1(O)CCN(C)CC1.COc1cc(N)c(Cl)cc1C(=O)O.NCC1(O)CCNCC1. The number of carbonyl (C=O) groups excluding carboxylic acids is 1. The monoisotopic (exact) mass is 658 g/mol. The van der Waals surface area contributed by atoms with Crippen molar-refractivity contribution in [1.82, 2.24) is 15.5 Å². The lowest BCUT2D eigenvalue weighted by Crippen LogP contribution is -2.50. The van der Waals surface area contributed by atoms with E-state index in [9.17, 15) is 19.8 Å². The van der Waals surface area contributed by atoms with Gasteiger partial charge in [0.05, 0.1) is 52.4 Å². The van der Waals surface area contributed by atoms with Gasteiger partial charge in [-0.25, -0.2) is 4.79 Å². The summed E-state index contributed by atoms with van der Waals surface area (Å²) < 4.78 is 9.99. The van der Waals surface area contributed by atoms with Crippen molar-refractivity contribution in [2.75, 3.05) is 72.0 Å². The Morgan fingerprint density at radius 1 is 0.909 bits per heavy atom. The smallest absolute Gasteiger partial charge is 0.339 e. The van der Waals surface area contributed by atoms with E-state index in [1.54, 1.807) is 0 Å². The van der Waals surface area contributed by atoms with E-state index in [1.807, 2.05) is 7.05 Å². The number of nitrogen functional groups attached to an aromatic ring is 2. The fourth-order valence-electron chi connectivity index (χ4n) is 4.47. The van der Waals surface area contributed by atoms with Crippen molar-refractivity contribution in [3.05, 3.63) is 45.4 Å². The van der Waals surface area contributed by atoms with Gasteiger partial charge in [0.1, 0.15) is 17.1 Å². The summed E-state index contributed by atoms with van der Waals surface area (Å²) in [7, 11) is 4.85.